The first-order chi connectivity index (χ1) is 17.4. The normalized spacial score (nSPS) is 12.6. The highest BCUT2D eigenvalue weighted by atomic mass is 32.2. The molecular weight excluding hydrogens is 490 g/mol. The molecule has 0 unspecified atom stereocenters. The van der Waals surface area contributed by atoms with E-state index in [1.165, 1.54) is 12.5 Å². The largest absolute Gasteiger partial charge is 0.464 e. The third-order valence-corrected chi connectivity index (χ3v) is 7.85. The zero-order valence-corrected chi connectivity index (χ0v) is 22.6. The average Bonchev–Trinajstić information content (AvgIpc) is 2.87. The Bertz CT molecular complexity index is 1170. The minimum atomic E-state index is -0.759. The standard InChI is InChI=1S/C29H33NO4S2/c1-4-34-29(33)27(19-35-17-22-14-12-20(2)13-15-22)30-28(32)25(18-36-21(3)31)16-24-10-7-9-23-8-5-6-11-26(23)24/h5-15,25,27H,4,16-19H2,1-3H3,(H,30,32)/t25-,27-/m0/s1. The van der Waals surface area contributed by atoms with E-state index in [0.29, 0.717) is 17.9 Å². The molecule has 0 bridgehead atoms. The summed E-state index contributed by atoms with van der Waals surface area (Å²) in [5, 5.41) is 5.08. The molecule has 7 heteroatoms. The van der Waals surface area contributed by atoms with E-state index >= 15 is 0 Å². The molecule has 0 saturated carbocycles. The van der Waals surface area contributed by atoms with E-state index < -0.39 is 17.9 Å². The van der Waals surface area contributed by atoms with E-state index in [9.17, 15) is 14.4 Å². The first-order valence-corrected chi connectivity index (χ1v) is 14.2. The van der Waals surface area contributed by atoms with Crippen LogP contribution in [-0.2, 0) is 31.3 Å². The number of rotatable bonds is 12. The van der Waals surface area contributed by atoms with Gasteiger partial charge in [-0.25, -0.2) is 4.79 Å². The Kier molecular flexibility index (Phi) is 10.9. The van der Waals surface area contributed by atoms with Gasteiger partial charge in [-0.1, -0.05) is 84.1 Å². The number of amides is 1. The number of nitrogens with one attached hydrogen (secondary N) is 1. The van der Waals surface area contributed by atoms with Gasteiger partial charge in [0.25, 0.3) is 0 Å². The van der Waals surface area contributed by atoms with E-state index in [4.69, 9.17) is 4.74 Å². The lowest BCUT2D eigenvalue weighted by Crippen LogP contribution is -2.47. The van der Waals surface area contributed by atoms with Crippen LogP contribution in [0, 0.1) is 12.8 Å². The summed E-state index contributed by atoms with van der Waals surface area (Å²) in [5.41, 5.74) is 3.39. The molecule has 3 aromatic carbocycles. The zero-order valence-electron chi connectivity index (χ0n) is 21.0. The molecule has 2 atom stereocenters. The molecule has 190 valence electrons. The Labute approximate surface area is 221 Å². The van der Waals surface area contributed by atoms with Crippen molar-refractivity contribution < 1.29 is 19.1 Å². The van der Waals surface area contributed by atoms with Gasteiger partial charge in [-0.15, -0.1) is 0 Å². The van der Waals surface area contributed by atoms with Crippen molar-refractivity contribution in [2.75, 3.05) is 18.1 Å². The summed E-state index contributed by atoms with van der Waals surface area (Å²) in [7, 11) is 0. The van der Waals surface area contributed by atoms with E-state index in [2.05, 4.69) is 29.6 Å². The van der Waals surface area contributed by atoms with Crippen molar-refractivity contribution >= 4 is 51.3 Å². The van der Waals surface area contributed by atoms with Gasteiger partial charge in [-0.2, -0.15) is 11.8 Å². The second-order valence-electron chi connectivity index (χ2n) is 8.66. The van der Waals surface area contributed by atoms with Crippen LogP contribution < -0.4 is 5.32 Å². The van der Waals surface area contributed by atoms with Crippen molar-refractivity contribution in [2.45, 2.75) is 39.0 Å². The molecule has 5 nitrogen and oxygen atoms in total. The van der Waals surface area contributed by atoms with Crippen molar-refractivity contribution in [3.05, 3.63) is 83.4 Å². The fraction of sp³-hybridized carbons (Fsp3) is 0.345. The summed E-state index contributed by atoms with van der Waals surface area (Å²) in [4.78, 5) is 37.8. The van der Waals surface area contributed by atoms with Crippen LogP contribution in [0.1, 0.15) is 30.5 Å². The van der Waals surface area contributed by atoms with Gasteiger partial charge in [0.1, 0.15) is 6.04 Å². The number of carbonyl (C=O) groups is 3. The third-order valence-electron chi connectivity index (χ3n) is 5.77. The molecule has 0 fully saturated rings. The number of benzene rings is 3. The monoisotopic (exact) mass is 523 g/mol. The maximum Gasteiger partial charge on any atom is 0.329 e. The highest BCUT2D eigenvalue weighted by molar-refractivity contribution is 8.13. The predicted octanol–water partition coefficient (Wildman–Crippen LogP) is 5.57. The Balaban J connectivity index is 1.73. The molecule has 36 heavy (non-hydrogen) atoms. The molecular formula is C29H33NO4S2. The second-order valence-corrected chi connectivity index (χ2v) is 10.9. The topological polar surface area (TPSA) is 72.5 Å². The van der Waals surface area contributed by atoms with Crippen molar-refractivity contribution in [3.8, 4) is 0 Å². The SMILES string of the molecule is CCOC(=O)[C@H](CSCc1ccc(C)cc1)NC(=O)[C@H](CSC(C)=O)Cc1cccc2ccccc12. The van der Waals surface area contributed by atoms with Crippen LogP contribution in [0.15, 0.2) is 66.7 Å². The van der Waals surface area contributed by atoms with Gasteiger partial charge in [-0.05, 0) is 42.2 Å². The van der Waals surface area contributed by atoms with Gasteiger partial charge in [0.2, 0.25) is 5.91 Å². The van der Waals surface area contributed by atoms with Crippen LogP contribution >= 0.6 is 23.5 Å². The first kappa shape index (κ1) is 27.8. The van der Waals surface area contributed by atoms with Crippen molar-refractivity contribution in [1.29, 1.82) is 0 Å². The van der Waals surface area contributed by atoms with E-state index in [1.54, 1.807) is 18.7 Å². The van der Waals surface area contributed by atoms with E-state index in [1.807, 2.05) is 49.4 Å². The van der Waals surface area contributed by atoms with Gasteiger partial charge in [0, 0.05) is 24.2 Å². The summed E-state index contributed by atoms with van der Waals surface area (Å²) < 4.78 is 5.25. The van der Waals surface area contributed by atoms with Crippen LogP contribution in [0.25, 0.3) is 10.8 Å². The highest BCUT2D eigenvalue weighted by Crippen LogP contribution is 2.24. The van der Waals surface area contributed by atoms with Crippen LogP contribution in [0.2, 0.25) is 0 Å². The van der Waals surface area contributed by atoms with Gasteiger partial charge < -0.3 is 10.1 Å². The van der Waals surface area contributed by atoms with Gasteiger partial charge in [-0.3, -0.25) is 9.59 Å². The Morgan fingerprint density at radius 2 is 1.67 bits per heavy atom. The number of hydrogen-bond donors (Lipinski definition) is 1. The number of hydrogen-bond acceptors (Lipinski definition) is 6. The lowest BCUT2D eigenvalue weighted by Gasteiger charge is -2.22. The van der Waals surface area contributed by atoms with Crippen molar-refractivity contribution in [1.82, 2.24) is 5.32 Å². The number of aryl methyl sites for hydroxylation is 1. The molecule has 3 aromatic rings. The van der Waals surface area contributed by atoms with E-state index in [-0.39, 0.29) is 17.6 Å². The predicted molar refractivity (Wildman–Crippen MR) is 150 cm³/mol. The molecule has 1 amide bonds. The Morgan fingerprint density at radius 3 is 2.39 bits per heavy atom. The number of fused-ring (bicyclic) bond motifs is 1. The highest BCUT2D eigenvalue weighted by Gasteiger charge is 2.27. The number of carbonyl (C=O) groups excluding carboxylic acids is 3. The minimum Gasteiger partial charge on any atom is -0.464 e. The lowest BCUT2D eigenvalue weighted by molar-refractivity contribution is -0.147. The van der Waals surface area contributed by atoms with Crippen LogP contribution in [-0.4, -0.2) is 41.1 Å². The summed E-state index contributed by atoms with van der Waals surface area (Å²) >= 11 is 2.71. The third kappa shape index (κ3) is 8.42. The summed E-state index contributed by atoms with van der Waals surface area (Å²) in [6.07, 6.45) is 0.472. The van der Waals surface area contributed by atoms with E-state index in [0.717, 1.165) is 39.4 Å². The second kappa shape index (κ2) is 14.1. The molecule has 3 rings (SSSR count). The molecule has 0 saturated heterocycles. The summed E-state index contributed by atoms with van der Waals surface area (Å²) in [6.45, 7) is 5.54. The summed E-state index contributed by atoms with van der Waals surface area (Å²) in [6, 6.07) is 21.6. The molecule has 0 heterocycles. The molecule has 0 aliphatic carbocycles. The maximum atomic E-state index is 13.4. The molecule has 0 aromatic heterocycles. The number of ether oxygens (including phenoxy) is 1. The van der Waals surface area contributed by atoms with Crippen LogP contribution in [0.4, 0.5) is 0 Å². The van der Waals surface area contributed by atoms with Gasteiger partial charge >= 0.3 is 5.97 Å². The molecule has 0 aliphatic heterocycles. The fourth-order valence-corrected chi connectivity index (χ4v) is 5.57. The fourth-order valence-electron chi connectivity index (χ4n) is 3.86. The lowest BCUT2D eigenvalue weighted by atomic mass is 9.95. The first-order valence-electron chi connectivity index (χ1n) is 12.1. The van der Waals surface area contributed by atoms with Gasteiger partial charge in [0.15, 0.2) is 5.12 Å². The Hall–Kier alpha value is -2.77. The maximum absolute atomic E-state index is 13.4. The Morgan fingerprint density at radius 1 is 0.944 bits per heavy atom. The molecule has 0 spiro atoms. The van der Waals surface area contributed by atoms with Crippen molar-refractivity contribution in [2.24, 2.45) is 5.92 Å². The average molecular weight is 524 g/mol. The van der Waals surface area contributed by atoms with Crippen LogP contribution in [0.3, 0.4) is 0 Å². The minimum absolute atomic E-state index is 0.0404. The molecule has 1 N–H and O–H groups in total. The van der Waals surface area contributed by atoms with Crippen molar-refractivity contribution in [3.63, 3.8) is 0 Å². The number of thioether (sulfide) groups is 2. The smallest absolute Gasteiger partial charge is 0.329 e. The number of esters is 1. The molecule has 0 radical (unpaired) electrons. The quantitative estimate of drug-likeness (QED) is 0.313. The van der Waals surface area contributed by atoms with Gasteiger partial charge in [0.05, 0.1) is 12.5 Å². The molecule has 0 aliphatic rings. The summed E-state index contributed by atoms with van der Waals surface area (Å²) in [5.74, 6) is 0.321. The zero-order chi connectivity index (χ0) is 25.9. The van der Waals surface area contributed by atoms with Crippen LogP contribution in [0.5, 0.6) is 0 Å².